The molecule has 6 aromatic rings. The van der Waals surface area contributed by atoms with Crippen molar-refractivity contribution >= 4 is 54.4 Å². The molecule has 0 fully saturated rings. The minimum Gasteiger partial charge on any atom is -1.00 e. The van der Waals surface area contributed by atoms with Crippen molar-refractivity contribution in [2.45, 2.75) is 13.0 Å². The van der Waals surface area contributed by atoms with Gasteiger partial charge in [0, 0.05) is 26.5 Å². The van der Waals surface area contributed by atoms with Crippen LogP contribution in [0.15, 0.2) is 206 Å². The molecular weight excluding hydrogens is 973 g/mol. The van der Waals surface area contributed by atoms with Gasteiger partial charge in [0.15, 0.2) is 11.6 Å². The molecule has 0 aromatic heterocycles. The van der Waals surface area contributed by atoms with E-state index in [0.717, 1.165) is 22.3 Å². The van der Waals surface area contributed by atoms with Crippen molar-refractivity contribution in [3.8, 4) is 0 Å². The fourth-order valence-electron chi connectivity index (χ4n) is 5.08. The Hall–Kier alpha value is -4.09. The molecule has 1 unspecified atom stereocenters. The second-order valence-corrected chi connectivity index (χ2v) is 15.1. The van der Waals surface area contributed by atoms with Crippen LogP contribution in [0, 0.1) is 0 Å². The first kappa shape index (κ1) is 54.9. The number of carbonyl (C=O) groups excluding carboxylic acids is 2. The summed E-state index contributed by atoms with van der Waals surface area (Å²) in [7, 11) is 4.06. The Kier molecular flexibility index (Phi) is 30.5. The quantitative estimate of drug-likeness (QED) is 0.0927. The molecule has 0 spiro atoms. The molecule has 0 radical (unpaired) electrons. The van der Waals surface area contributed by atoms with Crippen molar-refractivity contribution < 1.29 is 75.2 Å². The summed E-state index contributed by atoms with van der Waals surface area (Å²) in [6.45, 7) is 2.31. The number of rotatable bonds is 13. The van der Waals surface area contributed by atoms with E-state index < -0.39 is 0 Å². The Labute approximate surface area is 393 Å². The van der Waals surface area contributed by atoms with Crippen LogP contribution in [0.5, 0.6) is 0 Å². The third-order valence-corrected chi connectivity index (χ3v) is 11.2. The van der Waals surface area contributed by atoms with Gasteiger partial charge in [0.05, 0.1) is 0 Å². The fourth-order valence-corrected chi connectivity index (χ4v) is 7.72. The SMILES string of the molecule is CC(CP(c1ccccc1)c1ccccc1)N(C)C.O=C(C=Cc1ccccc1)C=Cc1ccccc1.O=C(C=Cc1ccccc1)C=Cc1ccccc1.[Cl-].[Cl-].[Pd+2].[Pd]. The van der Waals surface area contributed by atoms with E-state index in [0.29, 0.717) is 6.04 Å². The second-order valence-electron chi connectivity index (χ2n) is 12.9. The van der Waals surface area contributed by atoms with Crippen LogP contribution in [-0.2, 0) is 50.4 Å². The van der Waals surface area contributed by atoms with Crippen LogP contribution in [0.1, 0.15) is 29.2 Å². The van der Waals surface area contributed by atoms with Gasteiger partial charge in [0.1, 0.15) is 0 Å². The molecule has 1 atom stereocenters. The molecule has 0 N–H and O–H groups in total. The molecule has 0 amide bonds. The third-order valence-electron chi connectivity index (χ3n) is 8.42. The predicted octanol–water partition coefficient (Wildman–Crippen LogP) is 5.04. The fraction of sp³-hybridized carbons (Fsp3) is 0.0980. The minimum absolute atomic E-state index is 0. The summed E-state index contributed by atoms with van der Waals surface area (Å²) in [5.74, 6) is -0.0228. The Morgan fingerprint density at radius 3 is 0.898 bits per heavy atom. The van der Waals surface area contributed by atoms with Gasteiger partial charge in [-0.25, -0.2) is 0 Å². The molecule has 3 nitrogen and oxygen atoms in total. The first-order valence-corrected chi connectivity index (χ1v) is 19.9. The van der Waals surface area contributed by atoms with E-state index in [1.54, 1.807) is 24.3 Å². The van der Waals surface area contributed by atoms with Crippen LogP contribution in [0.2, 0.25) is 0 Å². The van der Waals surface area contributed by atoms with Crippen LogP contribution < -0.4 is 35.4 Å². The van der Waals surface area contributed by atoms with Crippen molar-refractivity contribution in [2.24, 2.45) is 0 Å². The van der Waals surface area contributed by atoms with Gasteiger partial charge in [0.25, 0.3) is 0 Å². The molecule has 0 aliphatic carbocycles. The van der Waals surface area contributed by atoms with Crippen molar-refractivity contribution in [1.82, 2.24) is 4.90 Å². The average Bonchev–Trinajstić information content (AvgIpc) is 3.25. The van der Waals surface area contributed by atoms with Crippen molar-refractivity contribution in [2.75, 3.05) is 20.3 Å². The normalized spacial score (nSPS) is 10.9. The van der Waals surface area contributed by atoms with Crippen LogP contribution in [0.25, 0.3) is 24.3 Å². The van der Waals surface area contributed by atoms with Gasteiger partial charge in [-0.2, -0.15) is 0 Å². The summed E-state index contributed by atoms with van der Waals surface area (Å²) in [5.41, 5.74) is 4.11. The number of halogens is 2. The summed E-state index contributed by atoms with van der Waals surface area (Å²) in [4.78, 5) is 25.5. The number of ketones is 2. The molecule has 59 heavy (non-hydrogen) atoms. The Morgan fingerprint density at radius 2 is 0.678 bits per heavy atom. The predicted molar refractivity (Wildman–Crippen MR) is 239 cm³/mol. The van der Waals surface area contributed by atoms with E-state index >= 15 is 0 Å². The molecule has 0 saturated heterocycles. The Morgan fingerprint density at radius 1 is 0.458 bits per heavy atom. The molecular formula is C51H50Cl2NO2PPd2. The van der Waals surface area contributed by atoms with Gasteiger partial charge in [-0.15, -0.1) is 0 Å². The van der Waals surface area contributed by atoms with Crippen LogP contribution >= 0.6 is 7.92 Å². The zero-order valence-electron chi connectivity index (χ0n) is 33.3. The zero-order chi connectivity index (χ0) is 38.9. The molecule has 6 aromatic carbocycles. The van der Waals surface area contributed by atoms with Gasteiger partial charge in [-0.1, -0.05) is 206 Å². The molecule has 0 aliphatic rings. The van der Waals surface area contributed by atoms with E-state index in [4.69, 9.17) is 0 Å². The molecule has 6 rings (SSSR count). The van der Waals surface area contributed by atoms with E-state index in [1.807, 2.05) is 146 Å². The van der Waals surface area contributed by atoms with Gasteiger partial charge >= 0.3 is 20.4 Å². The van der Waals surface area contributed by atoms with Crippen LogP contribution in [-0.4, -0.2) is 42.8 Å². The standard InChI is InChI=1S/C17H22NP.2C17H14O.2ClH.2Pd/c1-15(18(2)3)14-19(16-10-6-4-7-11-16)17-12-8-5-9-13-17;2*18-17(13-11-15-7-3-1-4-8-15)14-12-16-9-5-2-6-10-16;;;;/h4-13,15H,14H2,1-3H3;2*1-14H;2*1H;;/q;;;;;;+2/p-2. The molecule has 0 aliphatic heterocycles. The van der Waals surface area contributed by atoms with Crippen molar-refractivity contribution in [3.05, 3.63) is 229 Å². The maximum atomic E-state index is 11.6. The number of allylic oxidation sites excluding steroid dienone is 4. The van der Waals surface area contributed by atoms with E-state index in [9.17, 15) is 9.59 Å². The summed E-state index contributed by atoms with van der Waals surface area (Å²) in [6, 6.07) is 61.5. The molecule has 0 saturated carbocycles. The average molecular weight is 1020 g/mol. The first-order valence-electron chi connectivity index (χ1n) is 18.4. The molecule has 0 bridgehead atoms. The summed E-state index contributed by atoms with van der Waals surface area (Å²) in [5, 5.41) is 2.94. The van der Waals surface area contributed by atoms with Gasteiger partial charge in [0.2, 0.25) is 0 Å². The van der Waals surface area contributed by atoms with Gasteiger partial charge in [-0.05, 0) is 92.3 Å². The van der Waals surface area contributed by atoms with Crippen LogP contribution in [0.3, 0.4) is 0 Å². The summed E-state index contributed by atoms with van der Waals surface area (Å²) < 4.78 is 0. The summed E-state index contributed by atoms with van der Waals surface area (Å²) >= 11 is 0. The second kappa shape index (κ2) is 32.7. The number of carbonyl (C=O) groups is 2. The first-order chi connectivity index (χ1) is 26.9. The van der Waals surface area contributed by atoms with Crippen LogP contribution in [0.4, 0.5) is 0 Å². The largest absolute Gasteiger partial charge is 2.00 e. The van der Waals surface area contributed by atoms with Gasteiger partial charge < -0.3 is 29.7 Å². The molecule has 0 heterocycles. The number of hydrogen-bond donors (Lipinski definition) is 0. The third kappa shape index (κ3) is 22.8. The maximum absolute atomic E-state index is 11.6. The van der Waals surface area contributed by atoms with Crippen molar-refractivity contribution in [3.63, 3.8) is 0 Å². The van der Waals surface area contributed by atoms with E-state index in [-0.39, 0.29) is 85.1 Å². The van der Waals surface area contributed by atoms with Gasteiger partial charge in [-0.3, -0.25) is 9.59 Å². The maximum Gasteiger partial charge on any atom is 2.00 e. The van der Waals surface area contributed by atoms with E-state index in [1.165, 1.54) is 16.8 Å². The minimum atomic E-state index is -0.264. The van der Waals surface area contributed by atoms with E-state index in [2.05, 4.69) is 86.6 Å². The monoisotopic (exact) mass is 1020 g/mol. The smallest absolute Gasteiger partial charge is 1.00 e. The zero-order valence-corrected chi connectivity index (χ0v) is 38.8. The number of benzene rings is 6. The topological polar surface area (TPSA) is 37.4 Å². The summed E-state index contributed by atoms with van der Waals surface area (Å²) in [6.07, 6.45) is 14.8. The Balaban J connectivity index is 0.000000828. The molecule has 310 valence electrons. The van der Waals surface area contributed by atoms with Crippen molar-refractivity contribution in [1.29, 1.82) is 0 Å². The number of nitrogens with zero attached hydrogens (tertiary/aromatic N) is 1. The Bertz CT molecular complexity index is 1850. The molecule has 8 heteroatoms. The number of hydrogen-bond acceptors (Lipinski definition) is 3.